The van der Waals surface area contributed by atoms with Crippen molar-refractivity contribution < 1.29 is 14.3 Å². The van der Waals surface area contributed by atoms with Crippen LogP contribution in [0.25, 0.3) is 0 Å². The first-order chi connectivity index (χ1) is 5.02. The van der Waals surface area contributed by atoms with Gasteiger partial charge >= 0.3 is 5.97 Å². The molecule has 1 rings (SSSR count). The van der Waals surface area contributed by atoms with Crippen LogP contribution in [0.1, 0.15) is 13.8 Å². The second-order valence-corrected chi connectivity index (χ2v) is 3.48. The summed E-state index contributed by atoms with van der Waals surface area (Å²) in [6, 6.07) is 0. The van der Waals surface area contributed by atoms with Gasteiger partial charge in [-0.2, -0.15) is 0 Å². The Hall–Kier alpha value is -0.280. The lowest BCUT2D eigenvalue weighted by Crippen LogP contribution is -2.24. The smallest absolute Gasteiger partial charge is 0.356 e. The molecule has 1 aliphatic heterocycles. The summed E-state index contributed by atoms with van der Waals surface area (Å²) < 4.78 is 9.47. The van der Waals surface area contributed by atoms with Gasteiger partial charge in [0.15, 0.2) is 0 Å². The van der Waals surface area contributed by atoms with Crippen LogP contribution >= 0.6 is 11.6 Å². The minimum absolute atomic E-state index is 0.198. The van der Waals surface area contributed by atoms with E-state index in [0.29, 0.717) is 0 Å². The Morgan fingerprint density at radius 3 is 2.55 bits per heavy atom. The van der Waals surface area contributed by atoms with Crippen LogP contribution in [0.15, 0.2) is 0 Å². The Balaban J connectivity index is 2.55. The first-order valence-corrected chi connectivity index (χ1v) is 3.85. The number of hydrogen-bond donors (Lipinski definition) is 0. The quantitative estimate of drug-likeness (QED) is 0.362. The van der Waals surface area contributed by atoms with Crippen molar-refractivity contribution in [1.29, 1.82) is 0 Å². The molecule has 64 valence electrons. The maximum atomic E-state index is 10.9. The number of carbonyl (C=O) groups is 1. The molecule has 1 aliphatic rings. The van der Waals surface area contributed by atoms with Gasteiger partial charge in [-0.25, -0.2) is 4.79 Å². The van der Waals surface area contributed by atoms with Gasteiger partial charge in [0.25, 0.3) is 5.06 Å². The molecule has 2 atom stereocenters. The zero-order valence-corrected chi connectivity index (χ0v) is 7.51. The number of rotatable bonds is 2. The van der Waals surface area contributed by atoms with Crippen molar-refractivity contribution in [2.45, 2.75) is 25.0 Å². The number of halogens is 1. The Labute approximate surface area is 70.6 Å². The van der Waals surface area contributed by atoms with Crippen molar-refractivity contribution in [3.8, 4) is 0 Å². The van der Waals surface area contributed by atoms with E-state index < -0.39 is 11.0 Å². The van der Waals surface area contributed by atoms with Gasteiger partial charge in [0, 0.05) is 0 Å². The van der Waals surface area contributed by atoms with Crippen LogP contribution in [-0.2, 0) is 14.3 Å². The van der Waals surface area contributed by atoms with Crippen molar-refractivity contribution in [3.05, 3.63) is 0 Å². The lowest BCUT2D eigenvalue weighted by Gasteiger charge is -2.02. The van der Waals surface area contributed by atoms with Crippen molar-refractivity contribution >= 4 is 17.6 Å². The van der Waals surface area contributed by atoms with E-state index in [9.17, 15) is 4.79 Å². The van der Waals surface area contributed by atoms with Crippen LogP contribution in [0.3, 0.4) is 0 Å². The van der Waals surface area contributed by atoms with E-state index in [1.165, 1.54) is 7.11 Å². The fraction of sp³-hybridized carbons (Fsp3) is 0.857. The second-order valence-electron chi connectivity index (χ2n) is 2.92. The highest BCUT2D eigenvalue weighted by atomic mass is 35.5. The molecule has 0 saturated carbocycles. The maximum Gasteiger partial charge on any atom is 0.356 e. The number of esters is 1. The molecule has 1 fully saturated rings. The van der Waals surface area contributed by atoms with Crippen LogP contribution in [0, 0.1) is 5.92 Å². The summed E-state index contributed by atoms with van der Waals surface area (Å²) in [5.74, 6) is -0.260. The van der Waals surface area contributed by atoms with Gasteiger partial charge in [-0.3, -0.25) is 0 Å². The van der Waals surface area contributed by atoms with Gasteiger partial charge in [0.05, 0.1) is 7.11 Å². The van der Waals surface area contributed by atoms with Gasteiger partial charge < -0.3 is 9.47 Å². The summed E-state index contributed by atoms with van der Waals surface area (Å²) in [6.45, 7) is 3.88. The fourth-order valence-corrected chi connectivity index (χ4v) is 1.44. The Bertz CT molecular complexity index is 181. The average molecular weight is 179 g/mol. The SMILES string of the molecule is COC(=O)[C@]1(Cl)O[C@@H]1C(C)C. The minimum Gasteiger partial charge on any atom is -0.466 e. The normalized spacial score (nSPS) is 35.5. The molecule has 11 heavy (non-hydrogen) atoms. The highest BCUT2D eigenvalue weighted by Crippen LogP contribution is 2.45. The van der Waals surface area contributed by atoms with Crippen LogP contribution in [0.5, 0.6) is 0 Å². The molecule has 0 aromatic heterocycles. The molecule has 1 saturated heterocycles. The Kier molecular flexibility index (Phi) is 2.12. The van der Waals surface area contributed by atoms with Crippen molar-refractivity contribution in [2.75, 3.05) is 7.11 Å². The Morgan fingerprint density at radius 2 is 2.27 bits per heavy atom. The van der Waals surface area contributed by atoms with E-state index in [4.69, 9.17) is 16.3 Å². The van der Waals surface area contributed by atoms with E-state index in [1.54, 1.807) is 0 Å². The van der Waals surface area contributed by atoms with Crippen molar-refractivity contribution in [3.63, 3.8) is 0 Å². The molecule has 0 aromatic carbocycles. The topological polar surface area (TPSA) is 38.8 Å². The van der Waals surface area contributed by atoms with Crippen LogP contribution < -0.4 is 0 Å². The molecule has 0 unspecified atom stereocenters. The third kappa shape index (κ3) is 1.35. The van der Waals surface area contributed by atoms with Crippen molar-refractivity contribution in [1.82, 2.24) is 0 Å². The van der Waals surface area contributed by atoms with Crippen LogP contribution in [0.4, 0.5) is 0 Å². The zero-order valence-electron chi connectivity index (χ0n) is 6.76. The molecule has 1 heterocycles. The average Bonchev–Trinajstić information content (AvgIpc) is 2.62. The highest BCUT2D eigenvalue weighted by molar-refractivity contribution is 6.35. The molecular formula is C7H11ClO3. The highest BCUT2D eigenvalue weighted by Gasteiger charge is 2.64. The Morgan fingerprint density at radius 1 is 1.73 bits per heavy atom. The fourth-order valence-electron chi connectivity index (χ4n) is 1.02. The third-order valence-corrected chi connectivity index (χ3v) is 2.13. The molecule has 0 spiro atoms. The molecule has 0 amide bonds. The first-order valence-electron chi connectivity index (χ1n) is 3.47. The molecule has 0 aliphatic carbocycles. The van der Waals surface area contributed by atoms with Gasteiger partial charge in [0.2, 0.25) is 0 Å². The molecule has 0 aromatic rings. The summed E-state index contributed by atoms with van der Waals surface area (Å²) in [5, 5.41) is -1.19. The monoisotopic (exact) mass is 178 g/mol. The molecule has 0 N–H and O–H groups in total. The molecule has 4 heteroatoms. The number of alkyl halides is 1. The number of epoxide rings is 1. The lowest BCUT2D eigenvalue weighted by molar-refractivity contribution is -0.143. The number of ether oxygens (including phenoxy) is 2. The summed E-state index contributed by atoms with van der Waals surface area (Å²) in [5.41, 5.74) is 0. The van der Waals surface area contributed by atoms with E-state index in [0.717, 1.165) is 0 Å². The van der Waals surface area contributed by atoms with Gasteiger partial charge in [-0.1, -0.05) is 25.4 Å². The predicted octanol–water partition coefficient (Wildman–Crippen LogP) is 1.15. The van der Waals surface area contributed by atoms with Crippen molar-refractivity contribution in [2.24, 2.45) is 5.92 Å². The molecule has 0 radical (unpaired) electrons. The number of hydrogen-bond acceptors (Lipinski definition) is 3. The number of carbonyl (C=O) groups excluding carboxylic acids is 1. The van der Waals surface area contributed by atoms with Gasteiger partial charge in [0.1, 0.15) is 6.10 Å². The molecular weight excluding hydrogens is 168 g/mol. The third-order valence-electron chi connectivity index (χ3n) is 1.68. The van der Waals surface area contributed by atoms with Gasteiger partial charge in [-0.15, -0.1) is 0 Å². The summed E-state index contributed by atoms with van der Waals surface area (Å²) in [7, 11) is 1.30. The summed E-state index contributed by atoms with van der Waals surface area (Å²) in [6.07, 6.45) is -0.198. The second kappa shape index (κ2) is 2.64. The van der Waals surface area contributed by atoms with Crippen LogP contribution in [-0.4, -0.2) is 24.2 Å². The summed E-state index contributed by atoms with van der Waals surface area (Å²) in [4.78, 5) is 10.9. The molecule has 3 nitrogen and oxygen atoms in total. The standard InChI is InChI=1S/C7H11ClO3/c1-4(2)5-7(8,11-5)6(9)10-3/h4-5H,1-3H3/t5-,7-/m1/s1. The van der Waals surface area contributed by atoms with E-state index in [2.05, 4.69) is 4.74 Å². The molecule has 0 bridgehead atoms. The van der Waals surface area contributed by atoms with E-state index >= 15 is 0 Å². The maximum absolute atomic E-state index is 10.9. The van der Waals surface area contributed by atoms with E-state index in [-0.39, 0.29) is 12.0 Å². The first kappa shape index (κ1) is 8.81. The van der Waals surface area contributed by atoms with Crippen LogP contribution in [0.2, 0.25) is 0 Å². The number of methoxy groups -OCH3 is 1. The van der Waals surface area contributed by atoms with E-state index in [1.807, 2.05) is 13.8 Å². The minimum atomic E-state index is -1.19. The zero-order chi connectivity index (χ0) is 8.65. The lowest BCUT2D eigenvalue weighted by atomic mass is 10.1. The predicted molar refractivity (Wildman–Crippen MR) is 40.3 cm³/mol. The largest absolute Gasteiger partial charge is 0.466 e. The summed E-state index contributed by atoms with van der Waals surface area (Å²) >= 11 is 5.76. The van der Waals surface area contributed by atoms with Gasteiger partial charge in [-0.05, 0) is 5.92 Å².